The largest absolute Gasteiger partial charge is 0.468 e. The number of hydrogen-bond acceptors (Lipinski definition) is 4. The van der Waals surface area contributed by atoms with Gasteiger partial charge in [0.25, 0.3) is 5.91 Å². The maximum Gasteiger partial charge on any atom is 0.325 e. The summed E-state index contributed by atoms with van der Waals surface area (Å²) in [6.45, 7) is 0.701. The van der Waals surface area contributed by atoms with Gasteiger partial charge >= 0.3 is 5.97 Å². The van der Waals surface area contributed by atoms with E-state index in [1.807, 2.05) is 48.5 Å². The molecule has 0 aliphatic heterocycles. The van der Waals surface area contributed by atoms with Gasteiger partial charge in [0, 0.05) is 12.1 Å². The normalized spacial score (nSPS) is 10.2. The van der Waals surface area contributed by atoms with Crippen LogP contribution in [0.3, 0.4) is 0 Å². The third-order valence-corrected chi connectivity index (χ3v) is 3.71. The van der Waals surface area contributed by atoms with Crippen LogP contribution in [0, 0.1) is 0 Å². The zero-order chi connectivity index (χ0) is 17.4. The maximum absolute atomic E-state index is 13.0. The Morgan fingerprint density at radius 3 is 2.38 bits per heavy atom. The van der Waals surface area contributed by atoms with Crippen LogP contribution >= 0.6 is 0 Å². The number of nitrogens with two attached hydrogens (primary N) is 1. The Bertz CT molecular complexity index is 686. The van der Waals surface area contributed by atoms with Crippen molar-refractivity contribution in [2.24, 2.45) is 5.73 Å². The molecule has 0 fully saturated rings. The standard InChI is InChI=1S/C19H22N2O3/c1-24-18(22)14-21(13-15-7-3-2-4-8-15)19(23)17-10-6-5-9-16(17)11-12-20/h2-10H,11-14,20H2,1H3. The highest BCUT2D eigenvalue weighted by molar-refractivity contribution is 5.97. The minimum absolute atomic E-state index is 0.0960. The number of methoxy groups -OCH3 is 1. The number of carbonyl (C=O) groups excluding carboxylic acids is 2. The number of rotatable bonds is 7. The lowest BCUT2D eigenvalue weighted by Crippen LogP contribution is -2.36. The third-order valence-electron chi connectivity index (χ3n) is 3.71. The van der Waals surface area contributed by atoms with Gasteiger partial charge in [-0.2, -0.15) is 0 Å². The number of amides is 1. The monoisotopic (exact) mass is 326 g/mol. The molecular weight excluding hydrogens is 304 g/mol. The SMILES string of the molecule is COC(=O)CN(Cc1ccccc1)C(=O)c1ccccc1CCN. The first kappa shape index (κ1) is 17.7. The predicted octanol–water partition coefficient (Wildman–Crippen LogP) is 2.00. The van der Waals surface area contributed by atoms with E-state index in [-0.39, 0.29) is 12.5 Å². The molecular formula is C19H22N2O3. The molecule has 0 aromatic heterocycles. The average Bonchev–Trinajstić information content (AvgIpc) is 2.62. The van der Waals surface area contributed by atoms with Crippen LogP contribution in [0.15, 0.2) is 54.6 Å². The second kappa shape index (κ2) is 8.84. The molecule has 24 heavy (non-hydrogen) atoms. The summed E-state index contributed by atoms with van der Waals surface area (Å²) in [5, 5.41) is 0. The summed E-state index contributed by atoms with van der Waals surface area (Å²) in [4.78, 5) is 26.2. The molecule has 2 N–H and O–H groups in total. The lowest BCUT2D eigenvalue weighted by molar-refractivity contribution is -0.141. The Morgan fingerprint density at radius 2 is 1.71 bits per heavy atom. The topological polar surface area (TPSA) is 72.6 Å². The molecule has 0 aliphatic carbocycles. The molecule has 5 nitrogen and oxygen atoms in total. The summed E-state index contributed by atoms with van der Waals surface area (Å²) in [7, 11) is 1.32. The molecule has 0 bridgehead atoms. The molecule has 0 saturated heterocycles. The van der Waals surface area contributed by atoms with E-state index in [2.05, 4.69) is 0 Å². The van der Waals surface area contributed by atoms with Crippen LogP contribution in [0.25, 0.3) is 0 Å². The lowest BCUT2D eigenvalue weighted by atomic mass is 10.0. The van der Waals surface area contributed by atoms with Gasteiger partial charge in [-0.05, 0) is 30.2 Å². The fourth-order valence-corrected chi connectivity index (χ4v) is 2.50. The van der Waals surface area contributed by atoms with E-state index in [1.165, 1.54) is 12.0 Å². The van der Waals surface area contributed by atoms with Crippen LogP contribution in [-0.4, -0.2) is 37.0 Å². The van der Waals surface area contributed by atoms with Crippen molar-refractivity contribution in [1.82, 2.24) is 4.90 Å². The van der Waals surface area contributed by atoms with Crippen molar-refractivity contribution in [2.45, 2.75) is 13.0 Å². The molecule has 2 rings (SSSR count). The van der Waals surface area contributed by atoms with Gasteiger partial charge in [-0.3, -0.25) is 9.59 Å². The molecule has 0 saturated carbocycles. The maximum atomic E-state index is 13.0. The van der Waals surface area contributed by atoms with Gasteiger partial charge in [0.2, 0.25) is 0 Å². The number of ether oxygens (including phenoxy) is 1. The van der Waals surface area contributed by atoms with E-state index in [0.29, 0.717) is 25.1 Å². The average molecular weight is 326 g/mol. The molecule has 0 atom stereocenters. The fraction of sp³-hybridized carbons (Fsp3) is 0.263. The molecule has 2 aromatic rings. The smallest absolute Gasteiger partial charge is 0.325 e. The first-order chi connectivity index (χ1) is 11.7. The van der Waals surface area contributed by atoms with Crippen molar-refractivity contribution in [3.05, 3.63) is 71.3 Å². The minimum atomic E-state index is -0.449. The number of hydrogen-bond donors (Lipinski definition) is 1. The number of benzene rings is 2. The van der Waals surface area contributed by atoms with Gasteiger partial charge in [0.05, 0.1) is 7.11 Å². The molecule has 5 heteroatoms. The van der Waals surface area contributed by atoms with Crippen LogP contribution in [-0.2, 0) is 22.5 Å². The summed E-state index contributed by atoms with van der Waals surface area (Å²) in [5.41, 5.74) is 8.04. The first-order valence-electron chi connectivity index (χ1n) is 7.83. The van der Waals surface area contributed by atoms with E-state index in [4.69, 9.17) is 10.5 Å². The van der Waals surface area contributed by atoms with Crippen LogP contribution in [0.1, 0.15) is 21.5 Å². The van der Waals surface area contributed by atoms with Crippen molar-refractivity contribution in [1.29, 1.82) is 0 Å². The predicted molar refractivity (Wildman–Crippen MR) is 92.4 cm³/mol. The fourth-order valence-electron chi connectivity index (χ4n) is 2.50. The van der Waals surface area contributed by atoms with Crippen molar-refractivity contribution in [3.8, 4) is 0 Å². The summed E-state index contributed by atoms with van der Waals surface area (Å²) in [6, 6.07) is 16.9. The van der Waals surface area contributed by atoms with Gasteiger partial charge < -0.3 is 15.4 Å². The molecule has 0 unspecified atom stereocenters. The summed E-state index contributed by atoms with van der Waals surface area (Å²) in [5.74, 6) is -0.649. The Kier molecular flexibility index (Phi) is 6.51. The molecule has 0 aliphatic rings. The van der Waals surface area contributed by atoms with Gasteiger partial charge in [-0.25, -0.2) is 0 Å². The summed E-state index contributed by atoms with van der Waals surface area (Å²) >= 11 is 0. The molecule has 0 spiro atoms. The van der Waals surface area contributed by atoms with Gasteiger partial charge in [-0.15, -0.1) is 0 Å². The highest BCUT2D eigenvalue weighted by Crippen LogP contribution is 2.15. The Labute approximate surface area is 142 Å². The van der Waals surface area contributed by atoms with Gasteiger partial charge in [0.15, 0.2) is 0 Å². The summed E-state index contributed by atoms with van der Waals surface area (Å²) < 4.78 is 4.73. The Balaban J connectivity index is 2.28. The molecule has 0 heterocycles. The third kappa shape index (κ3) is 4.67. The van der Waals surface area contributed by atoms with Gasteiger partial charge in [0.1, 0.15) is 6.54 Å². The van der Waals surface area contributed by atoms with E-state index in [0.717, 1.165) is 11.1 Å². The second-order valence-corrected chi connectivity index (χ2v) is 5.42. The zero-order valence-corrected chi connectivity index (χ0v) is 13.8. The van der Waals surface area contributed by atoms with Gasteiger partial charge in [-0.1, -0.05) is 48.5 Å². The highest BCUT2D eigenvalue weighted by Gasteiger charge is 2.21. The van der Waals surface area contributed by atoms with Crippen molar-refractivity contribution < 1.29 is 14.3 Å². The van der Waals surface area contributed by atoms with E-state index in [1.54, 1.807) is 6.07 Å². The molecule has 2 aromatic carbocycles. The minimum Gasteiger partial charge on any atom is -0.468 e. The van der Waals surface area contributed by atoms with Crippen molar-refractivity contribution in [2.75, 3.05) is 20.2 Å². The van der Waals surface area contributed by atoms with Crippen LogP contribution < -0.4 is 5.73 Å². The second-order valence-electron chi connectivity index (χ2n) is 5.42. The van der Waals surface area contributed by atoms with E-state index >= 15 is 0 Å². The Hall–Kier alpha value is -2.66. The lowest BCUT2D eigenvalue weighted by Gasteiger charge is -2.23. The molecule has 126 valence electrons. The number of carbonyl (C=O) groups is 2. The number of nitrogens with zero attached hydrogens (tertiary/aromatic N) is 1. The quantitative estimate of drug-likeness (QED) is 0.790. The number of esters is 1. The van der Waals surface area contributed by atoms with Crippen LogP contribution in [0.4, 0.5) is 0 Å². The highest BCUT2D eigenvalue weighted by atomic mass is 16.5. The van der Waals surface area contributed by atoms with Crippen LogP contribution in [0.5, 0.6) is 0 Å². The first-order valence-corrected chi connectivity index (χ1v) is 7.83. The van der Waals surface area contributed by atoms with Crippen molar-refractivity contribution in [3.63, 3.8) is 0 Å². The van der Waals surface area contributed by atoms with E-state index in [9.17, 15) is 9.59 Å². The molecule has 0 radical (unpaired) electrons. The Morgan fingerprint density at radius 1 is 1.04 bits per heavy atom. The summed E-state index contributed by atoms with van der Waals surface area (Å²) in [6.07, 6.45) is 0.610. The van der Waals surface area contributed by atoms with Crippen LogP contribution in [0.2, 0.25) is 0 Å². The van der Waals surface area contributed by atoms with Crippen molar-refractivity contribution >= 4 is 11.9 Å². The zero-order valence-electron chi connectivity index (χ0n) is 13.8. The molecule has 1 amide bonds. The van der Waals surface area contributed by atoms with E-state index < -0.39 is 5.97 Å².